The normalized spacial score (nSPS) is 12.7. The molecule has 1 N–H and O–H groups in total. The van der Waals surface area contributed by atoms with Gasteiger partial charge in [-0.05, 0) is 86.3 Å². The van der Waals surface area contributed by atoms with Gasteiger partial charge >= 0.3 is 0 Å². The Morgan fingerprint density at radius 2 is 1.49 bits per heavy atom. The molecule has 248 valence electrons. The van der Waals surface area contributed by atoms with Gasteiger partial charge in [0.1, 0.15) is 12.6 Å². The van der Waals surface area contributed by atoms with E-state index in [-0.39, 0.29) is 35.5 Å². The van der Waals surface area contributed by atoms with Crippen LogP contribution in [-0.2, 0) is 32.6 Å². The maximum Gasteiger partial charge on any atom is 0.264 e. The molecule has 0 radical (unpaired) electrons. The van der Waals surface area contributed by atoms with E-state index in [1.54, 1.807) is 55.5 Å². The summed E-state index contributed by atoms with van der Waals surface area (Å²) in [5.74, 6) is -0.960. The quantitative estimate of drug-likeness (QED) is 0.152. The minimum absolute atomic E-state index is 0.0212. The number of benzene rings is 4. The minimum atomic E-state index is -4.25. The number of sulfonamides is 1. The van der Waals surface area contributed by atoms with Gasteiger partial charge in [0.25, 0.3) is 10.0 Å². The van der Waals surface area contributed by atoms with Crippen LogP contribution in [-0.4, -0.2) is 43.8 Å². The van der Waals surface area contributed by atoms with Crippen LogP contribution in [0.3, 0.4) is 0 Å². The van der Waals surface area contributed by atoms with Crippen molar-refractivity contribution in [2.75, 3.05) is 10.8 Å². The third-order valence-corrected chi connectivity index (χ3v) is 10.5. The Kier molecular flexibility index (Phi) is 12.4. The van der Waals surface area contributed by atoms with E-state index in [0.29, 0.717) is 32.6 Å². The molecule has 0 heterocycles. The van der Waals surface area contributed by atoms with E-state index in [1.165, 1.54) is 17.0 Å². The van der Waals surface area contributed by atoms with Gasteiger partial charge in [0.15, 0.2) is 0 Å². The summed E-state index contributed by atoms with van der Waals surface area (Å²) in [6.45, 7) is 6.77. The third kappa shape index (κ3) is 9.29. The summed E-state index contributed by atoms with van der Waals surface area (Å²) < 4.78 is 29.6. The fourth-order valence-electron chi connectivity index (χ4n) is 5.08. The Morgan fingerprint density at radius 3 is 2.11 bits per heavy atom. The van der Waals surface area contributed by atoms with Crippen molar-refractivity contribution in [2.24, 2.45) is 0 Å². The van der Waals surface area contributed by atoms with Crippen LogP contribution in [0, 0.1) is 13.8 Å². The number of nitrogens with one attached hydrogen (secondary N) is 1. The summed E-state index contributed by atoms with van der Waals surface area (Å²) in [7, 11) is -4.25. The van der Waals surface area contributed by atoms with Gasteiger partial charge in [-0.25, -0.2) is 8.42 Å². The summed E-state index contributed by atoms with van der Waals surface area (Å²) in [5, 5.41) is 4.18. The second kappa shape index (κ2) is 16.0. The van der Waals surface area contributed by atoms with Gasteiger partial charge in [0.2, 0.25) is 11.8 Å². The number of hydrogen-bond acceptors (Lipinski definition) is 4. The van der Waals surface area contributed by atoms with Gasteiger partial charge in [-0.2, -0.15) is 0 Å². The Hall–Kier alpha value is -3.56. The lowest BCUT2D eigenvalue weighted by atomic mass is 10.0. The number of carbonyl (C=O) groups is 2. The van der Waals surface area contributed by atoms with Crippen molar-refractivity contribution in [3.63, 3.8) is 0 Å². The van der Waals surface area contributed by atoms with E-state index in [4.69, 9.17) is 34.8 Å². The first-order chi connectivity index (χ1) is 22.3. The molecule has 4 aromatic carbocycles. The highest BCUT2D eigenvalue weighted by Gasteiger charge is 2.35. The molecule has 7 nitrogen and oxygen atoms in total. The van der Waals surface area contributed by atoms with E-state index >= 15 is 0 Å². The smallest absolute Gasteiger partial charge is 0.264 e. The Bertz CT molecular complexity index is 1820. The highest BCUT2D eigenvalue weighted by molar-refractivity contribution is 7.92. The van der Waals surface area contributed by atoms with Crippen LogP contribution >= 0.6 is 34.8 Å². The molecule has 47 heavy (non-hydrogen) atoms. The number of halogens is 3. The first kappa shape index (κ1) is 36.3. The summed E-state index contributed by atoms with van der Waals surface area (Å²) in [6, 6.07) is 24.3. The van der Waals surface area contributed by atoms with E-state index in [9.17, 15) is 18.0 Å². The first-order valence-electron chi connectivity index (χ1n) is 15.2. The Labute approximate surface area is 292 Å². The maximum absolute atomic E-state index is 14.7. The lowest BCUT2D eigenvalue weighted by Crippen LogP contribution is -2.54. The van der Waals surface area contributed by atoms with Crippen molar-refractivity contribution in [2.45, 2.75) is 64.1 Å². The van der Waals surface area contributed by atoms with Crippen LogP contribution in [0.4, 0.5) is 5.69 Å². The summed E-state index contributed by atoms with van der Waals surface area (Å²) in [6.07, 6.45) is 0.865. The molecule has 2 amide bonds. The van der Waals surface area contributed by atoms with E-state index < -0.39 is 28.5 Å². The molecule has 0 saturated carbocycles. The number of nitrogens with zero attached hydrogens (tertiary/aromatic N) is 2. The van der Waals surface area contributed by atoms with Gasteiger partial charge in [0.05, 0.1) is 10.6 Å². The molecular weight excluding hydrogens is 677 g/mol. The molecule has 0 bridgehead atoms. The van der Waals surface area contributed by atoms with Gasteiger partial charge < -0.3 is 10.2 Å². The summed E-state index contributed by atoms with van der Waals surface area (Å²) >= 11 is 19.0. The molecule has 11 heteroatoms. The molecule has 4 rings (SSSR count). The highest BCUT2D eigenvalue weighted by atomic mass is 35.5. The predicted molar refractivity (Wildman–Crippen MR) is 191 cm³/mol. The molecule has 2 unspecified atom stereocenters. The zero-order valence-electron chi connectivity index (χ0n) is 26.7. The van der Waals surface area contributed by atoms with Gasteiger partial charge in [-0.1, -0.05) is 95.8 Å². The Morgan fingerprint density at radius 1 is 0.851 bits per heavy atom. The SMILES string of the molecule is CCC(C)NC(=O)C(Cc1ccccc1)N(Cc1ccc(Cl)cc1Cl)C(=O)CN(c1ccc(Cl)cc1C)S(=O)(=O)c1ccc(C)cc1. The largest absolute Gasteiger partial charge is 0.352 e. The van der Waals surface area contributed by atoms with Crippen LogP contribution in [0.1, 0.15) is 42.5 Å². The number of carbonyl (C=O) groups excluding carboxylic acids is 2. The topological polar surface area (TPSA) is 86.8 Å². The van der Waals surface area contributed by atoms with Crippen LogP contribution < -0.4 is 9.62 Å². The maximum atomic E-state index is 14.7. The fourth-order valence-corrected chi connectivity index (χ4v) is 7.25. The van der Waals surface area contributed by atoms with Crippen molar-refractivity contribution in [1.82, 2.24) is 10.2 Å². The monoisotopic (exact) mass is 713 g/mol. The number of amides is 2. The molecule has 0 aliphatic carbocycles. The molecule has 0 saturated heterocycles. The van der Waals surface area contributed by atoms with Crippen molar-refractivity contribution in [3.8, 4) is 0 Å². The van der Waals surface area contributed by atoms with Crippen molar-refractivity contribution < 1.29 is 18.0 Å². The third-order valence-electron chi connectivity index (χ3n) is 7.94. The van der Waals surface area contributed by atoms with E-state index in [0.717, 1.165) is 15.4 Å². The fraction of sp³-hybridized carbons (Fsp3) is 0.278. The first-order valence-corrected chi connectivity index (χ1v) is 17.8. The van der Waals surface area contributed by atoms with Gasteiger partial charge in [0, 0.05) is 34.1 Å². The number of hydrogen-bond donors (Lipinski definition) is 1. The number of aryl methyl sites for hydroxylation is 2. The zero-order chi connectivity index (χ0) is 34.3. The predicted octanol–water partition coefficient (Wildman–Crippen LogP) is 8.01. The Balaban J connectivity index is 1.85. The highest BCUT2D eigenvalue weighted by Crippen LogP contribution is 2.30. The van der Waals surface area contributed by atoms with Gasteiger partial charge in [-0.15, -0.1) is 0 Å². The average molecular weight is 715 g/mol. The van der Waals surface area contributed by atoms with E-state index in [2.05, 4.69) is 5.32 Å². The second-order valence-electron chi connectivity index (χ2n) is 11.5. The molecule has 0 aliphatic rings. The molecule has 4 aromatic rings. The molecule has 0 aromatic heterocycles. The van der Waals surface area contributed by atoms with Gasteiger partial charge in [-0.3, -0.25) is 13.9 Å². The van der Waals surface area contributed by atoms with Crippen LogP contribution in [0.2, 0.25) is 15.1 Å². The summed E-state index contributed by atoms with van der Waals surface area (Å²) in [4.78, 5) is 30.1. The van der Waals surface area contributed by atoms with Crippen molar-refractivity contribution in [1.29, 1.82) is 0 Å². The lowest BCUT2D eigenvalue weighted by Gasteiger charge is -2.34. The van der Waals surface area contributed by atoms with Crippen LogP contribution in [0.15, 0.2) is 95.9 Å². The molecule has 0 aliphatic heterocycles. The standard InChI is InChI=1S/C36H38Cl3N3O4S/c1-5-26(4)40-36(44)34(20-27-9-7-6-8-10-27)41(22-28-13-14-30(38)21-32(28)39)35(43)23-42(33-18-15-29(37)19-25(33)3)47(45,46)31-16-11-24(2)12-17-31/h6-19,21,26,34H,5,20,22-23H2,1-4H3,(H,40,44). The van der Waals surface area contributed by atoms with Crippen LogP contribution in [0.5, 0.6) is 0 Å². The average Bonchev–Trinajstić information content (AvgIpc) is 3.03. The van der Waals surface area contributed by atoms with Crippen molar-refractivity contribution >= 4 is 62.3 Å². The lowest BCUT2D eigenvalue weighted by molar-refractivity contribution is -0.140. The number of anilines is 1. The molecular formula is C36H38Cl3N3O4S. The molecule has 0 fully saturated rings. The van der Waals surface area contributed by atoms with Crippen molar-refractivity contribution in [3.05, 3.63) is 128 Å². The molecule has 2 atom stereocenters. The second-order valence-corrected chi connectivity index (χ2v) is 14.7. The van der Waals surface area contributed by atoms with Crippen LogP contribution in [0.25, 0.3) is 0 Å². The number of rotatable bonds is 13. The zero-order valence-corrected chi connectivity index (χ0v) is 29.8. The summed E-state index contributed by atoms with van der Waals surface area (Å²) in [5.41, 5.74) is 3.11. The minimum Gasteiger partial charge on any atom is -0.352 e. The van der Waals surface area contributed by atoms with E-state index in [1.807, 2.05) is 51.1 Å². The molecule has 0 spiro atoms.